The monoisotopic (exact) mass is 508 g/mol. The second-order valence-corrected chi connectivity index (χ2v) is 7.83. The second-order valence-electron chi connectivity index (χ2n) is 7.42. The van der Waals surface area contributed by atoms with Crippen LogP contribution in [0.5, 0.6) is 11.5 Å². The van der Waals surface area contributed by atoms with Crippen molar-refractivity contribution in [3.63, 3.8) is 0 Å². The van der Waals surface area contributed by atoms with Crippen LogP contribution in [0, 0.1) is 0 Å². The Morgan fingerprint density at radius 1 is 0.889 bits per heavy atom. The first-order valence-electron chi connectivity index (χ1n) is 11.1. The van der Waals surface area contributed by atoms with E-state index in [1.54, 1.807) is 54.6 Å². The largest absolute Gasteiger partial charge is 0.494 e. The fourth-order valence-corrected chi connectivity index (χ4v) is 3.08. The van der Waals surface area contributed by atoms with Gasteiger partial charge in [0.2, 0.25) is 0 Å². The zero-order chi connectivity index (χ0) is 25.8. The maximum absolute atomic E-state index is 12.1. The predicted octanol–water partition coefficient (Wildman–Crippen LogP) is 4.24. The standard InChI is InChI=1S/C26H25ClN4O5/c1-2-14-35-21-11-9-20(10-12-21)30-25(33)26(34)31-28-16-18-8-13-23(22(27)15-18)36-17-24(32)29-19-6-4-3-5-7-19/h3-13,15-16H,2,14,17H2,1H3,(H,29,32)(H,30,33)(H,31,34)/b28-16-. The van der Waals surface area contributed by atoms with Gasteiger partial charge in [0.15, 0.2) is 6.61 Å². The molecule has 186 valence electrons. The summed E-state index contributed by atoms with van der Waals surface area (Å²) in [7, 11) is 0. The molecule has 3 amide bonds. The van der Waals surface area contributed by atoms with Crippen molar-refractivity contribution in [3.8, 4) is 11.5 Å². The van der Waals surface area contributed by atoms with Gasteiger partial charge in [-0.3, -0.25) is 14.4 Å². The van der Waals surface area contributed by atoms with Crippen molar-refractivity contribution in [2.45, 2.75) is 13.3 Å². The Labute approximate surface area is 213 Å². The summed E-state index contributed by atoms with van der Waals surface area (Å²) in [5.41, 5.74) is 3.81. The van der Waals surface area contributed by atoms with Crippen LogP contribution in [0.15, 0.2) is 77.9 Å². The van der Waals surface area contributed by atoms with E-state index in [4.69, 9.17) is 21.1 Å². The summed E-state index contributed by atoms with van der Waals surface area (Å²) in [5, 5.41) is 9.21. The molecule has 0 aromatic heterocycles. The summed E-state index contributed by atoms with van der Waals surface area (Å²) in [4.78, 5) is 36.1. The molecule has 0 spiro atoms. The molecule has 10 heteroatoms. The highest BCUT2D eigenvalue weighted by Gasteiger charge is 2.13. The summed E-state index contributed by atoms with van der Waals surface area (Å²) < 4.78 is 10.9. The Balaban J connectivity index is 1.45. The maximum atomic E-state index is 12.1. The van der Waals surface area contributed by atoms with Gasteiger partial charge in [-0.15, -0.1) is 0 Å². The van der Waals surface area contributed by atoms with Crippen LogP contribution in [0.2, 0.25) is 5.02 Å². The molecule has 0 heterocycles. The summed E-state index contributed by atoms with van der Waals surface area (Å²) in [5.74, 6) is -1.15. The lowest BCUT2D eigenvalue weighted by atomic mass is 10.2. The fourth-order valence-electron chi connectivity index (χ4n) is 2.83. The number of ether oxygens (including phenoxy) is 2. The lowest BCUT2D eigenvalue weighted by Crippen LogP contribution is -2.32. The number of halogens is 1. The highest BCUT2D eigenvalue weighted by atomic mass is 35.5. The average molecular weight is 509 g/mol. The zero-order valence-electron chi connectivity index (χ0n) is 19.5. The summed E-state index contributed by atoms with van der Waals surface area (Å²) in [6, 6.07) is 20.4. The number of hydrazone groups is 1. The quantitative estimate of drug-likeness (QED) is 0.215. The molecule has 0 saturated carbocycles. The van der Waals surface area contributed by atoms with Crippen molar-refractivity contribution >= 4 is 46.9 Å². The van der Waals surface area contributed by atoms with Crippen molar-refractivity contribution < 1.29 is 23.9 Å². The first-order valence-corrected chi connectivity index (χ1v) is 11.5. The highest BCUT2D eigenvalue weighted by molar-refractivity contribution is 6.39. The fraction of sp³-hybridized carbons (Fsp3) is 0.154. The van der Waals surface area contributed by atoms with Gasteiger partial charge in [-0.2, -0.15) is 5.10 Å². The molecule has 0 fully saturated rings. The maximum Gasteiger partial charge on any atom is 0.329 e. The van der Waals surface area contributed by atoms with E-state index in [0.29, 0.717) is 35.0 Å². The predicted molar refractivity (Wildman–Crippen MR) is 139 cm³/mol. The lowest BCUT2D eigenvalue weighted by Gasteiger charge is -2.09. The van der Waals surface area contributed by atoms with E-state index in [-0.39, 0.29) is 17.5 Å². The average Bonchev–Trinajstić information content (AvgIpc) is 2.88. The molecular formula is C26H25ClN4O5. The van der Waals surface area contributed by atoms with Gasteiger partial charge in [0, 0.05) is 11.4 Å². The van der Waals surface area contributed by atoms with E-state index in [9.17, 15) is 14.4 Å². The number of hydrogen-bond donors (Lipinski definition) is 3. The van der Waals surface area contributed by atoms with E-state index >= 15 is 0 Å². The van der Waals surface area contributed by atoms with Crippen molar-refractivity contribution in [2.24, 2.45) is 5.10 Å². The van der Waals surface area contributed by atoms with Crippen molar-refractivity contribution in [2.75, 3.05) is 23.8 Å². The Bertz CT molecular complexity index is 1220. The molecule has 3 aromatic carbocycles. The van der Waals surface area contributed by atoms with Crippen LogP contribution >= 0.6 is 11.6 Å². The zero-order valence-corrected chi connectivity index (χ0v) is 20.2. The van der Waals surface area contributed by atoms with Crippen LogP contribution in [-0.4, -0.2) is 37.1 Å². The van der Waals surface area contributed by atoms with Crippen molar-refractivity contribution in [1.29, 1.82) is 0 Å². The highest BCUT2D eigenvalue weighted by Crippen LogP contribution is 2.25. The van der Waals surface area contributed by atoms with Crippen LogP contribution < -0.4 is 25.5 Å². The Morgan fingerprint density at radius 2 is 1.61 bits per heavy atom. The molecule has 0 radical (unpaired) electrons. The van der Waals surface area contributed by atoms with E-state index in [2.05, 4.69) is 21.2 Å². The molecule has 0 aliphatic rings. The van der Waals surface area contributed by atoms with Crippen LogP contribution in [-0.2, 0) is 14.4 Å². The molecular weight excluding hydrogens is 484 g/mol. The van der Waals surface area contributed by atoms with Gasteiger partial charge < -0.3 is 20.1 Å². The molecule has 36 heavy (non-hydrogen) atoms. The van der Waals surface area contributed by atoms with E-state index in [1.807, 2.05) is 25.1 Å². The number of amides is 3. The molecule has 0 aliphatic heterocycles. The Hall–Kier alpha value is -4.37. The lowest BCUT2D eigenvalue weighted by molar-refractivity contribution is -0.136. The number of rotatable bonds is 10. The first-order chi connectivity index (χ1) is 17.4. The summed E-state index contributed by atoms with van der Waals surface area (Å²) in [6.45, 7) is 2.38. The van der Waals surface area contributed by atoms with E-state index < -0.39 is 11.8 Å². The number of para-hydroxylation sites is 1. The number of hydrogen-bond acceptors (Lipinski definition) is 6. The molecule has 0 saturated heterocycles. The van der Waals surface area contributed by atoms with Gasteiger partial charge in [0.05, 0.1) is 17.8 Å². The number of benzene rings is 3. The minimum Gasteiger partial charge on any atom is -0.494 e. The van der Waals surface area contributed by atoms with Gasteiger partial charge in [0.25, 0.3) is 5.91 Å². The van der Waals surface area contributed by atoms with E-state index in [1.165, 1.54) is 6.21 Å². The number of carbonyl (C=O) groups excluding carboxylic acids is 3. The molecule has 0 atom stereocenters. The van der Waals surface area contributed by atoms with Gasteiger partial charge in [-0.1, -0.05) is 36.7 Å². The third-order valence-electron chi connectivity index (χ3n) is 4.54. The third kappa shape index (κ3) is 8.44. The van der Waals surface area contributed by atoms with Gasteiger partial charge >= 0.3 is 11.8 Å². The number of nitrogens with one attached hydrogen (secondary N) is 3. The van der Waals surface area contributed by atoms with Gasteiger partial charge in [0.1, 0.15) is 11.5 Å². The normalized spacial score (nSPS) is 10.5. The number of nitrogens with zero attached hydrogens (tertiary/aromatic N) is 1. The molecule has 3 rings (SSSR count). The van der Waals surface area contributed by atoms with Crippen LogP contribution in [0.25, 0.3) is 0 Å². The van der Waals surface area contributed by atoms with Gasteiger partial charge in [-0.05, 0) is 66.6 Å². The van der Waals surface area contributed by atoms with Gasteiger partial charge in [-0.25, -0.2) is 5.43 Å². The minimum absolute atomic E-state index is 0.221. The summed E-state index contributed by atoms with van der Waals surface area (Å²) >= 11 is 6.22. The molecule has 3 aromatic rings. The van der Waals surface area contributed by atoms with E-state index in [0.717, 1.165) is 6.42 Å². The molecule has 0 unspecified atom stereocenters. The first kappa shape index (κ1) is 26.2. The third-order valence-corrected chi connectivity index (χ3v) is 4.84. The topological polar surface area (TPSA) is 118 Å². The minimum atomic E-state index is -0.937. The van der Waals surface area contributed by atoms with Crippen molar-refractivity contribution in [3.05, 3.63) is 83.4 Å². The van der Waals surface area contributed by atoms with Crippen LogP contribution in [0.4, 0.5) is 11.4 Å². The molecule has 0 aliphatic carbocycles. The SMILES string of the molecule is CCCOc1ccc(NC(=O)C(=O)N/N=C\c2ccc(OCC(=O)Nc3ccccc3)c(Cl)c2)cc1. The summed E-state index contributed by atoms with van der Waals surface area (Å²) in [6.07, 6.45) is 2.21. The smallest absolute Gasteiger partial charge is 0.329 e. The second kappa shape index (κ2) is 13.5. The molecule has 0 bridgehead atoms. The Kier molecular flexibility index (Phi) is 9.84. The number of carbonyl (C=O) groups is 3. The van der Waals surface area contributed by atoms with Crippen molar-refractivity contribution in [1.82, 2.24) is 5.43 Å². The Morgan fingerprint density at radius 3 is 2.31 bits per heavy atom. The van der Waals surface area contributed by atoms with Crippen LogP contribution in [0.1, 0.15) is 18.9 Å². The number of anilines is 2. The molecule has 9 nitrogen and oxygen atoms in total. The van der Waals surface area contributed by atoms with Crippen LogP contribution in [0.3, 0.4) is 0 Å². The molecule has 3 N–H and O–H groups in total.